The summed E-state index contributed by atoms with van der Waals surface area (Å²) in [6.45, 7) is 0.392. The van der Waals surface area contributed by atoms with E-state index in [0.29, 0.717) is 34.6 Å². The molecule has 1 N–H and O–H groups in total. The minimum atomic E-state index is -0.533. The van der Waals surface area contributed by atoms with Gasteiger partial charge in [0.05, 0.1) is 21.6 Å². The molecule has 8 heteroatoms. The summed E-state index contributed by atoms with van der Waals surface area (Å²) in [4.78, 5) is 38.2. The van der Waals surface area contributed by atoms with Crippen LogP contribution in [0.4, 0.5) is 5.69 Å². The number of para-hydroxylation sites is 2. The highest BCUT2D eigenvalue weighted by atomic mass is 35.5. The Balaban J connectivity index is 1.99. The van der Waals surface area contributed by atoms with Crippen LogP contribution in [0, 0.1) is 0 Å². The van der Waals surface area contributed by atoms with Gasteiger partial charge in [0, 0.05) is 20.3 Å². The van der Waals surface area contributed by atoms with Crippen LogP contribution in [0.1, 0.15) is 6.42 Å². The Morgan fingerprint density at radius 3 is 2.54 bits per heavy atom. The summed E-state index contributed by atoms with van der Waals surface area (Å²) in [6.07, 6.45) is 0.510. The number of amides is 1. The number of benzene rings is 2. The Morgan fingerprint density at radius 2 is 1.79 bits per heavy atom. The van der Waals surface area contributed by atoms with E-state index in [2.05, 4.69) is 5.32 Å². The average Bonchev–Trinajstić information content (AvgIpc) is 2.69. The molecular formula is C20H20ClN3O4. The lowest BCUT2D eigenvalue weighted by molar-refractivity contribution is -0.116. The summed E-state index contributed by atoms with van der Waals surface area (Å²) in [6, 6.07) is 13.6. The molecule has 1 amide bonds. The monoisotopic (exact) mass is 401 g/mol. The number of carbonyl (C=O) groups excluding carboxylic acids is 1. The molecule has 1 heterocycles. The maximum atomic E-state index is 12.9. The summed E-state index contributed by atoms with van der Waals surface area (Å²) in [7, 11) is 1.56. The number of ether oxygens (including phenoxy) is 1. The first-order valence-electron chi connectivity index (χ1n) is 8.78. The molecule has 0 aliphatic carbocycles. The van der Waals surface area contributed by atoms with Crippen molar-refractivity contribution in [3.05, 3.63) is 74.4 Å². The molecule has 146 valence electrons. The van der Waals surface area contributed by atoms with Gasteiger partial charge in [0.2, 0.25) is 5.91 Å². The zero-order valence-electron chi connectivity index (χ0n) is 15.4. The van der Waals surface area contributed by atoms with Crippen LogP contribution in [0.3, 0.4) is 0 Å². The lowest BCUT2D eigenvalue weighted by Gasteiger charge is -2.14. The number of hydrogen-bond acceptors (Lipinski definition) is 4. The molecule has 0 saturated carbocycles. The van der Waals surface area contributed by atoms with E-state index in [1.807, 2.05) is 0 Å². The largest absolute Gasteiger partial charge is 0.385 e. The lowest BCUT2D eigenvalue weighted by Crippen LogP contribution is -2.42. The van der Waals surface area contributed by atoms with Crippen molar-refractivity contribution in [2.75, 3.05) is 19.0 Å². The summed E-state index contributed by atoms with van der Waals surface area (Å²) < 4.78 is 7.45. The van der Waals surface area contributed by atoms with Crippen LogP contribution in [0.5, 0.6) is 0 Å². The van der Waals surface area contributed by atoms with Crippen molar-refractivity contribution >= 4 is 34.1 Å². The van der Waals surface area contributed by atoms with Crippen molar-refractivity contribution < 1.29 is 9.53 Å². The van der Waals surface area contributed by atoms with Gasteiger partial charge in [-0.3, -0.25) is 18.7 Å². The van der Waals surface area contributed by atoms with Gasteiger partial charge >= 0.3 is 5.69 Å². The fourth-order valence-corrected chi connectivity index (χ4v) is 3.17. The van der Waals surface area contributed by atoms with Crippen LogP contribution >= 0.6 is 11.6 Å². The molecule has 0 atom stereocenters. The van der Waals surface area contributed by atoms with Gasteiger partial charge in [0.25, 0.3) is 5.56 Å². The van der Waals surface area contributed by atoms with E-state index in [4.69, 9.17) is 16.3 Å². The molecule has 3 aromatic rings. The summed E-state index contributed by atoms with van der Waals surface area (Å²) in [5.74, 6) is -0.414. The number of aromatic nitrogens is 2. The number of methoxy groups -OCH3 is 1. The molecule has 0 aliphatic rings. The molecule has 2 aromatic carbocycles. The summed E-state index contributed by atoms with van der Waals surface area (Å²) >= 11 is 6.07. The minimum Gasteiger partial charge on any atom is -0.385 e. The van der Waals surface area contributed by atoms with Gasteiger partial charge in [0.1, 0.15) is 6.54 Å². The number of anilines is 1. The van der Waals surface area contributed by atoms with Crippen molar-refractivity contribution in [2.24, 2.45) is 0 Å². The normalized spacial score (nSPS) is 10.9. The molecule has 0 aliphatic heterocycles. The molecule has 7 nitrogen and oxygen atoms in total. The number of carbonyl (C=O) groups is 1. The highest BCUT2D eigenvalue weighted by Gasteiger charge is 2.15. The molecule has 0 radical (unpaired) electrons. The quantitative estimate of drug-likeness (QED) is 0.616. The third-order valence-corrected chi connectivity index (χ3v) is 4.64. The minimum absolute atomic E-state index is 0.211. The van der Waals surface area contributed by atoms with Gasteiger partial charge in [0.15, 0.2) is 0 Å². The Kier molecular flexibility index (Phi) is 6.28. The van der Waals surface area contributed by atoms with E-state index in [1.54, 1.807) is 55.6 Å². The topological polar surface area (TPSA) is 82.3 Å². The lowest BCUT2D eigenvalue weighted by atomic mass is 10.2. The van der Waals surface area contributed by atoms with Crippen molar-refractivity contribution in [3.63, 3.8) is 0 Å². The molecule has 0 spiro atoms. The van der Waals surface area contributed by atoms with Gasteiger partial charge in [-0.15, -0.1) is 0 Å². The van der Waals surface area contributed by atoms with E-state index in [9.17, 15) is 14.4 Å². The van der Waals surface area contributed by atoms with Gasteiger partial charge in [-0.25, -0.2) is 4.79 Å². The second-order valence-corrected chi connectivity index (χ2v) is 6.62. The molecule has 28 heavy (non-hydrogen) atoms. The van der Waals surface area contributed by atoms with Crippen LogP contribution in [-0.4, -0.2) is 28.8 Å². The SMILES string of the molecule is COCCCn1c(=O)c2ccccc2n(CC(=O)Nc2ccccc2Cl)c1=O. The van der Waals surface area contributed by atoms with Crippen LogP contribution in [0.2, 0.25) is 5.02 Å². The second-order valence-electron chi connectivity index (χ2n) is 6.22. The van der Waals surface area contributed by atoms with Crippen molar-refractivity contribution in [2.45, 2.75) is 19.5 Å². The number of nitrogens with zero attached hydrogens (tertiary/aromatic N) is 2. The van der Waals surface area contributed by atoms with E-state index in [1.165, 1.54) is 4.57 Å². The van der Waals surface area contributed by atoms with Crippen molar-refractivity contribution in [1.82, 2.24) is 9.13 Å². The zero-order chi connectivity index (χ0) is 20.1. The molecule has 0 unspecified atom stereocenters. The highest BCUT2D eigenvalue weighted by Crippen LogP contribution is 2.20. The number of fused-ring (bicyclic) bond motifs is 1. The molecule has 0 bridgehead atoms. The summed E-state index contributed by atoms with van der Waals surface area (Å²) in [5, 5.41) is 3.48. The van der Waals surface area contributed by atoms with E-state index < -0.39 is 11.6 Å². The summed E-state index contributed by atoms with van der Waals surface area (Å²) in [5.41, 5.74) is -0.0386. The van der Waals surface area contributed by atoms with Crippen LogP contribution < -0.4 is 16.6 Å². The third-order valence-electron chi connectivity index (χ3n) is 4.31. The fourth-order valence-electron chi connectivity index (χ4n) is 2.98. The van der Waals surface area contributed by atoms with Crippen molar-refractivity contribution in [3.8, 4) is 0 Å². The Bertz CT molecular complexity index is 1120. The maximum absolute atomic E-state index is 12.9. The molecule has 0 saturated heterocycles. The van der Waals surface area contributed by atoms with E-state index >= 15 is 0 Å². The van der Waals surface area contributed by atoms with E-state index in [-0.39, 0.29) is 18.6 Å². The first-order chi connectivity index (χ1) is 13.5. The number of rotatable bonds is 7. The van der Waals surface area contributed by atoms with Crippen LogP contribution in [-0.2, 0) is 22.6 Å². The number of halogens is 1. The molecule has 3 rings (SSSR count). The highest BCUT2D eigenvalue weighted by molar-refractivity contribution is 6.33. The van der Waals surface area contributed by atoms with Crippen molar-refractivity contribution in [1.29, 1.82) is 0 Å². The van der Waals surface area contributed by atoms with Gasteiger partial charge in [-0.1, -0.05) is 35.9 Å². The third kappa shape index (κ3) is 4.16. The first kappa shape index (κ1) is 19.9. The number of nitrogens with one attached hydrogen (secondary N) is 1. The van der Waals surface area contributed by atoms with Gasteiger partial charge in [-0.2, -0.15) is 0 Å². The van der Waals surface area contributed by atoms with Crippen LogP contribution in [0.25, 0.3) is 10.9 Å². The standard InChI is InChI=1S/C20H20ClN3O4/c1-28-12-6-11-23-19(26)14-7-2-5-10-17(14)24(20(23)27)13-18(25)22-16-9-4-3-8-15(16)21/h2-5,7-10H,6,11-13H2,1H3,(H,22,25). The smallest absolute Gasteiger partial charge is 0.331 e. The molecule has 1 aromatic heterocycles. The second kappa shape index (κ2) is 8.86. The van der Waals surface area contributed by atoms with E-state index in [0.717, 1.165) is 4.57 Å². The predicted octanol–water partition coefficient (Wildman–Crippen LogP) is 2.49. The zero-order valence-corrected chi connectivity index (χ0v) is 16.1. The molecule has 0 fully saturated rings. The van der Waals surface area contributed by atoms with Crippen LogP contribution in [0.15, 0.2) is 58.1 Å². The Hall–Kier alpha value is -2.90. The first-order valence-corrected chi connectivity index (χ1v) is 9.16. The average molecular weight is 402 g/mol. The predicted molar refractivity (Wildman–Crippen MR) is 109 cm³/mol. The molecular weight excluding hydrogens is 382 g/mol. The van der Waals surface area contributed by atoms with Gasteiger partial charge < -0.3 is 10.1 Å². The number of hydrogen-bond donors (Lipinski definition) is 1. The Labute approximate surface area is 166 Å². The fraction of sp³-hybridized carbons (Fsp3) is 0.250. The maximum Gasteiger partial charge on any atom is 0.331 e. The van der Waals surface area contributed by atoms with Gasteiger partial charge in [-0.05, 0) is 30.7 Å². The Morgan fingerprint density at radius 1 is 1.07 bits per heavy atom.